The third-order valence-electron chi connectivity index (χ3n) is 3.23. The molecule has 9 heteroatoms. The predicted molar refractivity (Wildman–Crippen MR) is 76.0 cm³/mol. The number of nitrogens with one attached hydrogen (secondary N) is 1. The molecule has 0 radical (unpaired) electrons. The highest BCUT2D eigenvalue weighted by molar-refractivity contribution is 7.89. The van der Waals surface area contributed by atoms with Crippen LogP contribution in [-0.4, -0.2) is 52.0 Å². The number of sulfonamides is 1. The molecule has 1 atom stereocenters. The third kappa shape index (κ3) is 3.43. The van der Waals surface area contributed by atoms with Crippen LogP contribution in [0.4, 0.5) is 0 Å². The van der Waals surface area contributed by atoms with E-state index >= 15 is 0 Å². The summed E-state index contributed by atoms with van der Waals surface area (Å²) in [7, 11) is -2.72. The van der Waals surface area contributed by atoms with Gasteiger partial charge in [-0.15, -0.1) is 11.3 Å². The highest BCUT2D eigenvalue weighted by Gasteiger charge is 2.35. The van der Waals surface area contributed by atoms with E-state index in [2.05, 4.69) is 9.46 Å². The van der Waals surface area contributed by atoms with Crippen molar-refractivity contribution in [2.24, 2.45) is 0 Å². The van der Waals surface area contributed by atoms with Crippen molar-refractivity contribution in [2.45, 2.75) is 23.8 Å². The van der Waals surface area contributed by atoms with E-state index < -0.39 is 21.6 Å². The normalized spacial score (nSPS) is 22.4. The third-order valence-corrected chi connectivity index (χ3v) is 6.03. The molecule has 2 N–H and O–H groups in total. The fourth-order valence-electron chi connectivity index (χ4n) is 2.04. The van der Waals surface area contributed by atoms with Crippen molar-refractivity contribution in [1.29, 1.82) is 0 Å². The molecule has 0 aromatic carbocycles. The number of thiophene rings is 1. The van der Waals surface area contributed by atoms with Crippen molar-refractivity contribution < 1.29 is 27.8 Å². The van der Waals surface area contributed by atoms with Gasteiger partial charge in [0.1, 0.15) is 15.4 Å². The van der Waals surface area contributed by atoms with Gasteiger partial charge in [-0.2, -0.15) is 0 Å². The van der Waals surface area contributed by atoms with Gasteiger partial charge in [-0.3, -0.25) is 0 Å². The lowest BCUT2D eigenvalue weighted by Crippen LogP contribution is -2.43. The number of aryl methyl sites for hydroxylation is 1. The highest BCUT2D eigenvalue weighted by atomic mass is 32.2. The number of ether oxygens (including phenoxy) is 2. The Bertz CT molecular complexity index is 630. The Morgan fingerprint density at radius 3 is 2.90 bits per heavy atom. The minimum Gasteiger partial charge on any atom is -0.465 e. The smallest absolute Gasteiger partial charge is 0.349 e. The molecule has 0 bridgehead atoms. The number of rotatable bonds is 5. The van der Waals surface area contributed by atoms with Crippen molar-refractivity contribution in [3.05, 3.63) is 15.8 Å². The number of esters is 1. The number of methoxy groups -OCH3 is 1. The fraction of sp³-hybridized carbons (Fsp3) is 0.583. The van der Waals surface area contributed by atoms with Gasteiger partial charge in [0.05, 0.1) is 13.7 Å². The lowest BCUT2D eigenvalue weighted by Gasteiger charge is -2.20. The molecule has 0 aliphatic carbocycles. The maximum Gasteiger partial charge on any atom is 0.349 e. The van der Waals surface area contributed by atoms with Crippen molar-refractivity contribution in [3.8, 4) is 0 Å². The van der Waals surface area contributed by atoms with Gasteiger partial charge in [-0.05, 0) is 17.9 Å². The Labute approximate surface area is 126 Å². The Hall–Kier alpha value is -1.00. The molecule has 1 aliphatic heterocycles. The van der Waals surface area contributed by atoms with Crippen LogP contribution in [0.2, 0.25) is 0 Å². The molecule has 7 nitrogen and oxygen atoms in total. The summed E-state index contributed by atoms with van der Waals surface area (Å²) >= 11 is 1.01. The molecule has 21 heavy (non-hydrogen) atoms. The average molecular weight is 335 g/mol. The summed E-state index contributed by atoms with van der Waals surface area (Å²) in [5, 5.41) is 11.7. The minimum atomic E-state index is -3.91. The number of carbonyl (C=O) groups excluding carboxylic acids is 1. The van der Waals surface area contributed by atoms with Crippen LogP contribution in [0.15, 0.2) is 10.3 Å². The van der Waals surface area contributed by atoms with Crippen LogP contribution in [0.3, 0.4) is 0 Å². The van der Waals surface area contributed by atoms with Gasteiger partial charge in [0, 0.05) is 19.6 Å². The molecule has 1 aromatic heterocycles. The lowest BCUT2D eigenvalue weighted by molar-refractivity contribution is 0.0314. The maximum absolute atomic E-state index is 12.4. The van der Waals surface area contributed by atoms with Crippen LogP contribution >= 0.6 is 11.3 Å². The first-order chi connectivity index (χ1) is 9.79. The number of carbonyl (C=O) groups is 1. The summed E-state index contributed by atoms with van der Waals surface area (Å²) in [6.07, 6.45) is 0.363. The van der Waals surface area contributed by atoms with Crippen molar-refractivity contribution in [1.82, 2.24) is 4.72 Å². The van der Waals surface area contributed by atoms with E-state index in [0.717, 1.165) is 11.3 Å². The SMILES string of the molecule is COC(=O)c1scc(C)c1S(=O)(=O)NCC1(O)CCOC1. The lowest BCUT2D eigenvalue weighted by atomic mass is 10.1. The van der Waals surface area contributed by atoms with E-state index in [1.165, 1.54) is 7.11 Å². The highest BCUT2D eigenvalue weighted by Crippen LogP contribution is 2.28. The average Bonchev–Trinajstić information content (AvgIpc) is 3.03. The summed E-state index contributed by atoms with van der Waals surface area (Å²) in [4.78, 5) is 11.6. The Kier molecular flexibility index (Phi) is 4.69. The van der Waals surface area contributed by atoms with Gasteiger partial charge < -0.3 is 14.6 Å². The molecule has 0 spiro atoms. The number of hydrogen-bond donors (Lipinski definition) is 2. The maximum atomic E-state index is 12.4. The van der Waals surface area contributed by atoms with Crippen LogP contribution in [0.1, 0.15) is 21.7 Å². The molecule has 0 saturated carbocycles. The molecule has 1 aliphatic rings. The van der Waals surface area contributed by atoms with Gasteiger partial charge in [0.2, 0.25) is 10.0 Å². The number of hydrogen-bond acceptors (Lipinski definition) is 7. The molecular formula is C12H17NO6S2. The number of aliphatic hydroxyl groups is 1. The fourth-order valence-corrected chi connectivity index (χ4v) is 4.86. The summed E-state index contributed by atoms with van der Waals surface area (Å²) in [6, 6.07) is 0. The molecular weight excluding hydrogens is 318 g/mol. The van der Waals surface area contributed by atoms with Gasteiger partial charge >= 0.3 is 5.97 Å². The largest absolute Gasteiger partial charge is 0.465 e. The van der Waals surface area contributed by atoms with E-state index in [-0.39, 0.29) is 22.9 Å². The van der Waals surface area contributed by atoms with E-state index in [0.29, 0.717) is 18.6 Å². The summed E-state index contributed by atoms with van der Waals surface area (Å²) in [6.45, 7) is 1.92. The molecule has 1 aromatic rings. The first-order valence-electron chi connectivity index (χ1n) is 6.25. The Morgan fingerprint density at radius 2 is 2.33 bits per heavy atom. The van der Waals surface area contributed by atoms with Crippen LogP contribution in [-0.2, 0) is 19.5 Å². The second-order valence-electron chi connectivity index (χ2n) is 4.92. The van der Waals surface area contributed by atoms with Gasteiger partial charge in [0.25, 0.3) is 0 Å². The zero-order valence-corrected chi connectivity index (χ0v) is 13.3. The molecule has 2 heterocycles. The van der Waals surface area contributed by atoms with Crippen LogP contribution in [0, 0.1) is 6.92 Å². The first-order valence-corrected chi connectivity index (χ1v) is 8.61. The minimum absolute atomic E-state index is 0.0251. The quantitative estimate of drug-likeness (QED) is 0.749. The monoisotopic (exact) mass is 335 g/mol. The molecule has 2 rings (SSSR count). The van der Waals surface area contributed by atoms with Crippen LogP contribution < -0.4 is 4.72 Å². The standard InChI is InChI=1S/C12H17NO6S2/c1-8-5-20-9(11(14)18-2)10(8)21(16,17)13-6-12(15)3-4-19-7-12/h5,13,15H,3-4,6-7H2,1-2H3. The Morgan fingerprint density at radius 1 is 1.62 bits per heavy atom. The Balaban J connectivity index is 2.23. The topological polar surface area (TPSA) is 102 Å². The van der Waals surface area contributed by atoms with Crippen molar-refractivity contribution in [3.63, 3.8) is 0 Å². The first kappa shape index (κ1) is 16.4. The zero-order valence-electron chi connectivity index (χ0n) is 11.7. The summed E-state index contributed by atoms with van der Waals surface area (Å²) in [5.74, 6) is -0.698. The van der Waals surface area contributed by atoms with E-state index in [1.54, 1.807) is 12.3 Å². The van der Waals surface area contributed by atoms with E-state index in [4.69, 9.17) is 4.74 Å². The van der Waals surface area contributed by atoms with Crippen LogP contribution in [0.25, 0.3) is 0 Å². The van der Waals surface area contributed by atoms with Gasteiger partial charge in [-0.1, -0.05) is 0 Å². The molecule has 0 amide bonds. The van der Waals surface area contributed by atoms with Crippen LogP contribution in [0.5, 0.6) is 0 Å². The molecule has 1 fully saturated rings. The van der Waals surface area contributed by atoms with E-state index in [1.807, 2.05) is 0 Å². The molecule has 1 unspecified atom stereocenters. The van der Waals surface area contributed by atoms with Gasteiger partial charge in [-0.25, -0.2) is 17.9 Å². The molecule has 118 valence electrons. The van der Waals surface area contributed by atoms with E-state index in [9.17, 15) is 18.3 Å². The second-order valence-corrected chi connectivity index (χ2v) is 7.50. The van der Waals surface area contributed by atoms with Crippen molar-refractivity contribution in [2.75, 3.05) is 26.9 Å². The molecule has 1 saturated heterocycles. The van der Waals surface area contributed by atoms with Gasteiger partial charge in [0.15, 0.2) is 0 Å². The zero-order chi connectivity index (χ0) is 15.7. The summed E-state index contributed by atoms with van der Waals surface area (Å²) in [5.41, 5.74) is -0.745. The second kappa shape index (κ2) is 6.01. The summed E-state index contributed by atoms with van der Waals surface area (Å²) < 4.78 is 36.8. The predicted octanol–water partition coefficient (Wildman–Crippen LogP) is 0.273. The van der Waals surface area contributed by atoms with Crippen molar-refractivity contribution >= 4 is 27.3 Å².